The maximum atomic E-state index is 12.4. The largest absolute Gasteiger partial charge is 0.343 e. The van der Waals surface area contributed by atoms with Gasteiger partial charge < -0.3 is 4.57 Å². The molecular weight excluding hydrogens is 374 g/mol. The number of alkyl halides is 1. The zero-order valence-corrected chi connectivity index (χ0v) is 16.3. The normalized spacial score (nSPS) is 11.1. The molecule has 0 unspecified atom stereocenters. The first kappa shape index (κ1) is 17.9. The lowest BCUT2D eigenvalue weighted by atomic mass is 10.0. The highest BCUT2D eigenvalue weighted by molar-refractivity contribution is 9.09. The molecule has 1 heterocycles. The highest BCUT2D eigenvalue weighted by atomic mass is 79.9. The van der Waals surface area contributed by atoms with Crippen LogP contribution < -0.4 is 5.43 Å². The molecule has 0 saturated heterocycles. The molecule has 0 saturated carbocycles. The molecule has 3 heteroatoms. The number of fused-ring (bicyclic) bond motifs is 1. The van der Waals surface area contributed by atoms with Gasteiger partial charge in [0, 0.05) is 23.8 Å². The van der Waals surface area contributed by atoms with E-state index in [1.165, 1.54) is 31.2 Å². The Hall–Kier alpha value is -1.87. The summed E-state index contributed by atoms with van der Waals surface area (Å²) in [6, 6.07) is 18.2. The molecule has 2 aromatic carbocycles. The van der Waals surface area contributed by atoms with Gasteiger partial charge in [-0.1, -0.05) is 65.2 Å². The van der Waals surface area contributed by atoms with Crippen LogP contribution in [-0.4, -0.2) is 9.90 Å². The number of unbranched alkanes of at least 4 members (excludes halogenated alkanes) is 3. The number of hydrogen-bond acceptors (Lipinski definition) is 1. The van der Waals surface area contributed by atoms with Gasteiger partial charge in [0.2, 0.25) is 0 Å². The van der Waals surface area contributed by atoms with Crippen molar-refractivity contribution in [1.82, 2.24) is 4.57 Å². The number of pyridine rings is 1. The molecule has 2 nitrogen and oxygen atoms in total. The SMILES string of the molecule is Cn1c(-c2ccc(CCCCCCBr)cc2)cc(=O)c2ccccc21. The van der Waals surface area contributed by atoms with E-state index in [0.717, 1.165) is 33.9 Å². The van der Waals surface area contributed by atoms with E-state index < -0.39 is 0 Å². The van der Waals surface area contributed by atoms with Gasteiger partial charge in [0.05, 0.1) is 11.2 Å². The van der Waals surface area contributed by atoms with Gasteiger partial charge in [-0.15, -0.1) is 0 Å². The fraction of sp³-hybridized carbons (Fsp3) is 0.318. The third-order valence-corrected chi connectivity index (χ3v) is 5.32. The third kappa shape index (κ3) is 4.21. The number of hydrogen-bond donors (Lipinski definition) is 0. The molecule has 0 spiro atoms. The highest BCUT2D eigenvalue weighted by Gasteiger charge is 2.08. The van der Waals surface area contributed by atoms with Crippen LogP contribution in [0.25, 0.3) is 22.2 Å². The summed E-state index contributed by atoms with van der Waals surface area (Å²) in [6.45, 7) is 0. The second-order valence-electron chi connectivity index (χ2n) is 6.52. The maximum Gasteiger partial charge on any atom is 0.190 e. The van der Waals surface area contributed by atoms with Crippen LogP contribution in [0.3, 0.4) is 0 Å². The minimum Gasteiger partial charge on any atom is -0.343 e. The number of aromatic nitrogens is 1. The summed E-state index contributed by atoms with van der Waals surface area (Å²) >= 11 is 3.48. The van der Waals surface area contributed by atoms with E-state index in [1.54, 1.807) is 6.07 Å². The van der Waals surface area contributed by atoms with Crippen molar-refractivity contribution in [2.24, 2.45) is 7.05 Å². The topological polar surface area (TPSA) is 22.0 Å². The number of rotatable bonds is 7. The average Bonchev–Trinajstić information content (AvgIpc) is 2.65. The van der Waals surface area contributed by atoms with E-state index in [2.05, 4.69) is 44.8 Å². The Balaban J connectivity index is 1.80. The second-order valence-corrected chi connectivity index (χ2v) is 7.31. The van der Waals surface area contributed by atoms with Crippen LogP contribution in [0.1, 0.15) is 31.2 Å². The molecule has 1 aromatic heterocycles. The summed E-state index contributed by atoms with van der Waals surface area (Å²) < 4.78 is 2.10. The van der Waals surface area contributed by atoms with E-state index in [1.807, 2.05) is 31.3 Å². The summed E-state index contributed by atoms with van der Waals surface area (Å²) in [5.74, 6) is 0. The van der Waals surface area contributed by atoms with Crippen LogP contribution in [0.4, 0.5) is 0 Å². The number of aryl methyl sites for hydroxylation is 2. The second kappa shape index (κ2) is 8.48. The zero-order valence-electron chi connectivity index (χ0n) is 14.7. The number of benzene rings is 2. The fourth-order valence-corrected chi connectivity index (χ4v) is 3.70. The standard InChI is InChI=1S/C22H24BrNO/c1-24-20-10-6-5-9-19(20)22(25)16-21(24)18-13-11-17(12-14-18)8-4-2-3-7-15-23/h5-6,9-14,16H,2-4,7-8,15H2,1H3. The summed E-state index contributed by atoms with van der Waals surface area (Å²) in [4.78, 5) is 12.4. The van der Waals surface area contributed by atoms with Gasteiger partial charge in [-0.25, -0.2) is 0 Å². The molecule has 0 radical (unpaired) electrons. The lowest BCUT2D eigenvalue weighted by molar-refractivity contribution is 0.671. The first-order valence-corrected chi connectivity index (χ1v) is 10.1. The van der Waals surface area contributed by atoms with Crippen molar-refractivity contribution >= 4 is 26.8 Å². The Morgan fingerprint density at radius 1 is 0.920 bits per heavy atom. The van der Waals surface area contributed by atoms with E-state index in [4.69, 9.17) is 0 Å². The monoisotopic (exact) mass is 397 g/mol. The van der Waals surface area contributed by atoms with Crippen molar-refractivity contribution in [2.45, 2.75) is 32.1 Å². The van der Waals surface area contributed by atoms with Crippen molar-refractivity contribution in [3.05, 3.63) is 70.4 Å². The van der Waals surface area contributed by atoms with Gasteiger partial charge in [-0.3, -0.25) is 4.79 Å². The number of halogens is 1. The molecule has 3 aromatic rings. The molecule has 0 N–H and O–H groups in total. The van der Waals surface area contributed by atoms with Crippen molar-refractivity contribution in [3.8, 4) is 11.3 Å². The molecule has 0 aliphatic heterocycles. The summed E-state index contributed by atoms with van der Waals surface area (Å²) in [6.07, 6.45) is 6.20. The van der Waals surface area contributed by atoms with E-state index >= 15 is 0 Å². The lowest BCUT2D eigenvalue weighted by Crippen LogP contribution is -2.08. The third-order valence-electron chi connectivity index (χ3n) is 4.76. The quantitative estimate of drug-likeness (QED) is 0.369. The molecule has 0 amide bonds. The van der Waals surface area contributed by atoms with Crippen molar-refractivity contribution < 1.29 is 0 Å². The highest BCUT2D eigenvalue weighted by Crippen LogP contribution is 2.22. The van der Waals surface area contributed by atoms with Crippen molar-refractivity contribution in [1.29, 1.82) is 0 Å². The van der Waals surface area contributed by atoms with E-state index in [9.17, 15) is 4.79 Å². The minimum absolute atomic E-state index is 0.0829. The summed E-state index contributed by atoms with van der Waals surface area (Å²) in [7, 11) is 2.02. The average molecular weight is 398 g/mol. The predicted molar refractivity (Wildman–Crippen MR) is 111 cm³/mol. The van der Waals surface area contributed by atoms with Crippen LogP contribution in [0.2, 0.25) is 0 Å². The van der Waals surface area contributed by atoms with Crippen LogP contribution in [0.15, 0.2) is 59.4 Å². The smallest absolute Gasteiger partial charge is 0.190 e. The number of para-hydroxylation sites is 1. The first-order valence-electron chi connectivity index (χ1n) is 8.95. The van der Waals surface area contributed by atoms with Crippen LogP contribution >= 0.6 is 15.9 Å². The fourth-order valence-electron chi connectivity index (χ4n) is 3.30. The first-order chi connectivity index (χ1) is 12.2. The molecule has 25 heavy (non-hydrogen) atoms. The molecule has 130 valence electrons. The predicted octanol–water partition coefficient (Wildman–Crippen LogP) is 5.70. The Morgan fingerprint density at radius 3 is 2.40 bits per heavy atom. The van der Waals surface area contributed by atoms with Crippen LogP contribution in [-0.2, 0) is 13.5 Å². The van der Waals surface area contributed by atoms with Gasteiger partial charge in [0.15, 0.2) is 5.43 Å². The Labute approximate surface area is 157 Å². The van der Waals surface area contributed by atoms with Gasteiger partial charge in [0.1, 0.15) is 0 Å². The van der Waals surface area contributed by atoms with Crippen LogP contribution in [0.5, 0.6) is 0 Å². The van der Waals surface area contributed by atoms with E-state index in [-0.39, 0.29) is 5.43 Å². The lowest BCUT2D eigenvalue weighted by Gasteiger charge is -2.13. The van der Waals surface area contributed by atoms with Crippen LogP contribution in [0, 0.1) is 0 Å². The molecule has 0 aliphatic rings. The molecular formula is C22H24BrNO. The van der Waals surface area contributed by atoms with Crippen molar-refractivity contribution in [2.75, 3.05) is 5.33 Å². The van der Waals surface area contributed by atoms with Gasteiger partial charge in [0.25, 0.3) is 0 Å². The van der Waals surface area contributed by atoms with Gasteiger partial charge in [-0.05, 0) is 42.5 Å². The molecule has 3 rings (SSSR count). The van der Waals surface area contributed by atoms with E-state index in [0.29, 0.717) is 0 Å². The zero-order chi connectivity index (χ0) is 17.6. The summed E-state index contributed by atoms with van der Waals surface area (Å²) in [5.41, 5.74) is 4.48. The Morgan fingerprint density at radius 2 is 1.64 bits per heavy atom. The Bertz CT molecular complexity index is 896. The van der Waals surface area contributed by atoms with Gasteiger partial charge in [-0.2, -0.15) is 0 Å². The van der Waals surface area contributed by atoms with Crippen molar-refractivity contribution in [3.63, 3.8) is 0 Å². The molecule has 0 fully saturated rings. The molecule has 0 aliphatic carbocycles. The minimum atomic E-state index is 0.0829. The maximum absolute atomic E-state index is 12.4. The Kier molecular flexibility index (Phi) is 6.09. The number of nitrogens with zero attached hydrogens (tertiary/aromatic N) is 1. The molecule has 0 bridgehead atoms. The summed E-state index contributed by atoms with van der Waals surface area (Å²) in [5, 5.41) is 1.88. The molecule has 0 atom stereocenters. The van der Waals surface area contributed by atoms with Gasteiger partial charge >= 0.3 is 0 Å².